The fourth-order valence-electron chi connectivity index (χ4n) is 2.74. The van der Waals surface area contributed by atoms with Gasteiger partial charge < -0.3 is 15.1 Å². The summed E-state index contributed by atoms with van der Waals surface area (Å²) < 4.78 is 0. The van der Waals surface area contributed by atoms with Crippen molar-refractivity contribution < 1.29 is 9.72 Å². The molecule has 0 bridgehead atoms. The molecule has 1 aliphatic rings. The molecular weight excluding hydrogens is 284 g/mol. The van der Waals surface area contributed by atoms with Crippen LogP contribution >= 0.6 is 0 Å². The Morgan fingerprint density at radius 3 is 2.59 bits per heavy atom. The fourth-order valence-corrected chi connectivity index (χ4v) is 2.74. The molecule has 0 saturated carbocycles. The summed E-state index contributed by atoms with van der Waals surface area (Å²) in [6, 6.07) is 6.72. The second kappa shape index (κ2) is 7.22. The first-order valence-electron chi connectivity index (χ1n) is 7.41. The Balaban J connectivity index is 2.03. The highest BCUT2D eigenvalue weighted by Crippen LogP contribution is 2.26. The quantitative estimate of drug-likeness (QED) is 0.654. The van der Waals surface area contributed by atoms with Crippen molar-refractivity contribution in [3.63, 3.8) is 0 Å². The second-order valence-electron chi connectivity index (χ2n) is 5.59. The number of piperidine rings is 1. The van der Waals surface area contributed by atoms with Crippen molar-refractivity contribution in [3.8, 4) is 0 Å². The van der Waals surface area contributed by atoms with Crippen LogP contribution in [0, 0.1) is 10.1 Å². The summed E-state index contributed by atoms with van der Waals surface area (Å²) >= 11 is 0. The van der Waals surface area contributed by atoms with E-state index in [0.29, 0.717) is 5.69 Å². The number of amides is 1. The van der Waals surface area contributed by atoms with Gasteiger partial charge in [-0.25, -0.2) is 0 Å². The molecule has 0 spiro atoms. The molecule has 7 nitrogen and oxygen atoms in total. The summed E-state index contributed by atoms with van der Waals surface area (Å²) in [6.45, 7) is 1.97. The van der Waals surface area contributed by atoms with Gasteiger partial charge in [-0.15, -0.1) is 0 Å². The van der Waals surface area contributed by atoms with Gasteiger partial charge in [0.2, 0.25) is 5.91 Å². The first-order valence-corrected chi connectivity index (χ1v) is 7.41. The molecule has 1 amide bonds. The highest BCUT2D eigenvalue weighted by molar-refractivity contribution is 5.82. The number of para-hydroxylation sites is 2. The zero-order valence-electron chi connectivity index (χ0n) is 13.0. The minimum atomic E-state index is -0.424. The van der Waals surface area contributed by atoms with Gasteiger partial charge in [-0.2, -0.15) is 0 Å². The molecule has 1 fully saturated rings. The molecular formula is C15H22N4O3. The van der Waals surface area contributed by atoms with Crippen LogP contribution in [0.4, 0.5) is 11.4 Å². The van der Waals surface area contributed by atoms with Gasteiger partial charge in [0.1, 0.15) is 5.69 Å². The molecule has 0 unspecified atom stereocenters. The third kappa shape index (κ3) is 3.73. The number of carbonyl (C=O) groups excluding carboxylic acids is 1. The van der Waals surface area contributed by atoms with Crippen LogP contribution in [0.1, 0.15) is 12.8 Å². The zero-order chi connectivity index (χ0) is 16.1. The van der Waals surface area contributed by atoms with Gasteiger partial charge >= 0.3 is 0 Å². The van der Waals surface area contributed by atoms with E-state index in [4.69, 9.17) is 0 Å². The van der Waals surface area contributed by atoms with Gasteiger partial charge in [0.25, 0.3) is 5.69 Å². The molecule has 0 radical (unpaired) electrons. The van der Waals surface area contributed by atoms with Crippen LogP contribution in [0.15, 0.2) is 24.3 Å². The summed E-state index contributed by atoms with van der Waals surface area (Å²) in [4.78, 5) is 26.5. The highest BCUT2D eigenvalue weighted by Gasteiger charge is 2.24. The van der Waals surface area contributed by atoms with Crippen molar-refractivity contribution in [1.29, 1.82) is 0 Å². The zero-order valence-corrected chi connectivity index (χ0v) is 13.0. The Bertz CT molecular complexity index is 543. The van der Waals surface area contributed by atoms with Crippen LogP contribution in [-0.2, 0) is 4.79 Å². The molecule has 0 aliphatic carbocycles. The van der Waals surface area contributed by atoms with E-state index in [2.05, 4.69) is 5.32 Å². The topological polar surface area (TPSA) is 78.7 Å². The summed E-state index contributed by atoms with van der Waals surface area (Å²) in [5.41, 5.74) is 0.474. The number of likely N-dealkylation sites (N-methyl/N-ethyl adjacent to an activating group) is 2. The predicted molar refractivity (Wildman–Crippen MR) is 85.0 cm³/mol. The number of benzene rings is 1. The second-order valence-corrected chi connectivity index (χ2v) is 5.59. The third-order valence-corrected chi connectivity index (χ3v) is 4.11. The maximum absolute atomic E-state index is 12.4. The Kier molecular flexibility index (Phi) is 5.32. The lowest BCUT2D eigenvalue weighted by Crippen LogP contribution is -2.47. The molecule has 1 aromatic rings. The summed E-state index contributed by atoms with van der Waals surface area (Å²) in [5.74, 6) is -0.0208. The van der Waals surface area contributed by atoms with Crippen molar-refractivity contribution in [3.05, 3.63) is 34.4 Å². The SMILES string of the molecule is CN(CC(=O)N(C)C1CCNCC1)c1ccccc1[N+](=O)[O-]. The summed E-state index contributed by atoms with van der Waals surface area (Å²) in [7, 11) is 3.52. The van der Waals surface area contributed by atoms with E-state index in [0.717, 1.165) is 25.9 Å². The van der Waals surface area contributed by atoms with Gasteiger partial charge in [0.15, 0.2) is 0 Å². The molecule has 2 rings (SSSR count). The Morgan fingerprint density at radius 1 is 1.32 bits per heavy atom. The average molecular weight is 306 g/mol. The lowest BCUT2D eigenvalue weighted by Gasteiger charge is -2.33. The van der Waals surface area contributed by atoms with Crippen LogP contribution in [0.2, 0.25) is 0 Å². The lowest BCUT2D eigenvalue weighted by atomic mass is 10.1. The number of hydrogen-bond acceptors (Lipinski definition) is 5. The molecule has 1 N–H and O–H groups in total. The standard InChI is InChI=1S/C15H22N4O3/c1-17(13-5-3-4-6-14(13)19(21)22)11-15(20)18(2)12-7-9-16-10-8-12/h3-6,12,16H,7-11H2,1-2H3. The first kappa shape index (κ1) is 16.2. The summed E-state index contributed by atoms with van der Waals surface area (Å²) in [5, 5.41) is 14.3. The maximum atomic E-state index is 12.4. The average Bonchev–Trinajstić information content (AvgIpc) is 2.54. The van der Waals surface area contributed by atoms with E-state index in [-0.39, 0.29) is 24.2 Å². The molecule has 1 aliphatic heterocycles. The normalized spacial score (nSPS) is 15.4. The Hall–Kier alpha value is -2.15. The lowest BCUT2D eigenvalue weighted by molar-refractivity contribution is -0.384. The number of nitro groups is 1. The number of rotatable bonds is 5. The molecule has 1 saturated heterocycles. The fraction of sp³-hybridized carbons (Fsp3) is 0.533. The maximum Gasteiger partial charge on any atom is 0.292 e. The van der Waals surface area contributed by atoms with E-state index in [1.165, 1.54) is 6.07 Å². The number of carbonyl (C=O) groups is 1. The third-order valence-electron chi connectivity index (χ3n) is 4.11. The monoisotopic (exact) mass is 306 g/mol. The Morgan fingerprint density at radius 2 is 1.95 bits per heavy atom. The van der Waals surface area contributed by atoms with Gasteiger partial charge in [-0.3, -0.25) is 14.9 Å². The van der Waals surface area contributed by atoms with Crippen molar-refractivity contribution in [2.24, 2.45) is 0 Å². The predicted octanol–water partition coefficient (Wildman–Crippen LogP) is 1.24. The van der Waals surface area contributed by atoms with E-state index < -0.39 is 4.92 Å². The van der Waals surface area contributed by atoms with Crippen LogP contribution in [0.5, 0.6) is 0 Å². The number of hydrogen-bond donors (Lipinski definition) is 1. The van der Waals surface area contributed by atoms with E-state index in [1.54, 1.807) is 35.0 Å². The van der Waals surface area contributed by atoms with Crippen molar-refractivity contribution in [2.75, 3.05) is 38.6 Å². The van der Waals surface area contributed by atoms with Crippen LogP contribution in [-0.4, -0.2) is 55.5 Å². The number of anilines is 1. The van der Waals surface area contributed by atoms with E-state index >= 15 is 0 Å². The molecule has 22 heavy (non-hydrogen) atoms. The van der Waals surface area contributed by atoms with E-state index in [9.17, 15) is 14.9 Å². The van der Waals surface area contributed by atoms with Crippen LogP contribution < -0.4 is 10.2 Å². The van der Waals surface area contributed by atoms with Gasteiger partial charge in [0.05, 0.1) is 11.5 Å². The molecule has 120 valence electrons. The van der Waals surface area contributed by atoms with Crippen molar-refractivity contribution in [1.82, 2.24) is 10.2 Å². The largest absolute Gasteiger partial charge is 0.360 e. The molecule has 1 aromatic carbocycles. The van der Waals surface area contributed by atoms with E-state index in [1.807, 2.05) is 7.05 Å². The first-order chi connectivity index (χ1) is 10.5. The minimum Gasteiger partial charge on any atom is -0.360 e. The van der Waals surface area contributed by atoms with Gasteiger partial charge in [0, 0.05) is 26.2 Å². The number of nitrogens with one attached hydrogen (secondary N) is 1. The van der Waals surface area contributed by atoms with Crippen molar-refractivity contribution >= 4 is 17.3 Å². The summed E-state index contributed by atoms with van der Waals surface area (Å²) in [6.07, 6.45) is 1.88. The number of nitrogens with zero attached hydrogens (tertiary/aromatic N) is 3. The van der Waals surface area contributed by atoms with Gasteiger partial charge in [-0.1, -0.05) is 12.1 Å². The Labute approximate surface area is 130 Å². The molecule has 0 aromatic heterocycles. The van der Waals surface area contributed by atoms with Gasteiger partial charge in [-0.05, 0) is 32.0 Å². The minimum absolute atomic E-state index is 0.0160. The number of nitro benzene ring substituents is 1. The molecule has 1 heterocycles. The van der Waals surface area contributed by atoms with Crippen LogP contribution in [0.25, 0.3) is 0 Å². The van der Waals surface area contributed by atoms with Crippen LogP contribution in [0.3, 0.4) is 0 Å². The van der Waals surface area contributed by atoms with Crippen molar-refractivity contribution in [2.45, 2.75) is 18.9 Å². The smallest absolute Gasteiger partial charge is 0.292 e. The molecule has 7 heteroatoms. The highest BCUT2D eigenvalue weighted by atomic mass is 16.6. The molecule has 0 atom stereocenters.